The second-order valence-electron chi connectivity index (χ2n) is 8.41. The van der Waals surface area contributed by atoms with Crippen LogP contribution < -0.4 is 15.5 Å². The highest BCUT2D eigenvalue weighted by atomic mass is 79.9. The first-order valence-corrected chi connectivity index (χ1v) is 12.4. The smallest absolute Gasteiger partial charge is 0.221 e. The molecule has 0 aliphatic carbocycles. The summed E-state index contributed by atoms with van der Waals surface area (Å²) in [6.07, 6.45) is 1.78. The Bertz CT molecular complexity index is 1390. The van der Waals surface area contributed by atoms with Crippen LogP contribution in [0.5, 0.6) is 0 Å². The Morgan fingerprint density at radius 3 is 2.60 bits per heavy atom. The fourth-order valence-electron chi connectivity index (χ4n) is 4.31. The van der Waals surface area contributed by atoms with Crippen LogP contribution in [0.1, 0.15) is 36.0 Å². The van der Waals surface area contributed by atoms with E-state index >= 15 is 0 Å². The number of rotatable bonds is 5. The summed E-state index contributed by atoms with van der Waals surface area (Å²) >= 11 is 9.45. The van der Waals surface area contributed by atoms with Crippen LogP contribution in [-0.4, -0.2) is 16.0 Å². The van der Waals surface area contributed by atoms with Gasteiger partial charge in [-0.05, 0) is 85.4 Å². The third-order valence-electron chi connectivity index (χ3n) is 5.87. The Morgan fingerprint density at radius 1 is 1.11 bits per heavy atom. The van der Waals surface area contributed by atoms with E-state index in [1.807, 2.05) is 65.6 Å². The van der Waals surface area contributed by atoms with E-state index in [9.17, 15) is 4.79 Å². The van der Waals surface area contributed by atoms with Gasteiger partial charge in [-0.15, -0.1) is 0 Å². The first-order chi connectivity index (χ1) is 16.9. The summed E-state index contributed by atoms with van der Waals surface area (Å²) in [7, 11) is 0. The Labute approximate surface area is 217 Å². The second kappa shape index (κ2) is 9.64. The Balaban J connectivity index is 1.56. The van der Waals surface area contributed by atoms with Crippen LogP contribution in [0.2, 0.25) is 0 Å². The predicted molar refractivity (Wildman–Crippen MR) is 145 cm³/mol. The average Bonchev–Trinajstić information content (AvgIpc) is 3.44. The monoisotopic (exact) mass is 546 g/mol. The van der Waals surface area contributed by atoms with Gasteiger partial charge in [0.2, 0.25) is 5.91 Å². The number of carbonyl (C=O) groups excluding carboxylic acids is 1. The molecule has 176 valence electrons. The van der Waals surface area contributed by atoms with E-state index in [-0.39, 0.29) is 18.0 Å². The van der Waals surface area contributed by atoms with Crippen molar-refractivity contribution in [2.45, 2.75) is 25.9 Å². The number of carbonyl (C=O) groups is 1. The minimum absolute atomic E-state index is 0.116. The molecule has 35 heavy (non-hydrogen) atoms. The number of benzene rings is 2. The molecule has 1 amide bonds. The van der Waals surface area contributed by atoms with Gasteiger partial charge in [0.05, 0.1) is 11.7 Å². The molecule has 2 N–H and O–H groups in total. The summed E-state index contributed by atoms with van der Waals surface area (Å²) in [4.78, 5) is 18.1. The zero-order valence-corrected chi connectivity index (χ0v) is 21.6. The number of furan rings is 1. The van der Waals surface area contributed by atoms with E-state index in [4.69, 9.17) is 16.6 Å². The highest BCUT2D eigenvalue weighted by molar-refractivity contribution is 9.10. The van der Waals surface area contributed by atoms with Crippen LogP contribution in [0.25, 0.3) is 11.3 Å². The minimum atomic E-state index is -0.262. The number of hydrogen-bond donors (Lipinski definition) is 2. The summed E-state index contributed by atoms with van der Waals surface area (Å²) < 4.78 is 7.42. The lowest BCUT2D eigenvalue weighted by Crippen LogP contribution is -2.29. The normalized spacial score (nSPS) is 17.3. The lowest BCUT2D eigenvalue weighted by atomic mass is 10.0. The molecule has 1 aliphatic heterocycles. The van der Waals surface area contributed by atoms with E-state index < -0.39 is 0 Å². The number of hydrogen-bond acceptors (Lipinski definition) is 4. The number of nitrogens with zero attached hydrogens (tertiary/aromatic N) is 2. The SMILES string of the molecule is CC(=O)Nc1ccc(N2C(=S)N[C@@H](c3ccccn3)[C@H]2c2ccc(-c3ccc(C)cc3Br)o2)cc1. The van der Waals surface area contributed by atoms with Crippen molar-refractivity contribution < 1.29 is 9.21 Å². The van der Waals surface area contributed by atoms with Gasteiger partial charge in [0.15, 0.2) is 5.11 Å². The predicted octanol–water partition coefficient (Wildman–Crippen LogP) is 6.55. The van der Waals surface area contributed by atoms with E-state index in [0.717, 1.165) is 38.6 Å². The summed E-state index contributed by atoms with van der Waals surface area (Å²) in [5, 5.41) is 6.82. The Morgan fingerprint density at radius 2 is 1.91 bits per heavy atom. The topological polar surface area (TPSA) is 70.4 Å². The minimum Gasteiger partial charge on any atom is -0.459 e. The molecule has 0 unspecified atom stereocenters. The number of aromatic nitrogens is 1. The first-order valence-electron chi connectivity index (χ1n) is 11.2. The molecule has 4 aromatic rings. The van der Waals surface area contributed by atoms with Crippen LogP contribution in [0, 0.1) is 6.92 Å². The maximum atomic E-state index is 11.4. The molecule has 5 rings (SSSR count). The van der Waals surface area contributed by atoms with E-state index in [1.54, 1.807) is 6.20 Å². The molecular weight excluding hydrogens is 524 g/mol. The fourth-order valence-corrected chi connectivity index (χ4v) is 5.34. The van der Waals surface area contributed by atoms with Gasteiger partial charge in [0.1, 0.15) is 17.6 Å². The third kappa shape index (κ3) is 4.72. The van der Waals surface area contributed by atoms with E-state index in [1.165, 1.54) is 12.5 Å². The molecule has 1 fully saturated rings. The van der Waals surface area contributed by atoms with Crippen molar-refractivity contribution in [1.29, 1.82) is 0 Å². The number of halogens is 1. The molecule has 0 bridgehead atoms. The van der Waals surface area contributed by atoms with Gasteiger partial charge < -0.3 is 20.0 Å². The molecule has 2 aromatic carbocycles. The molecule has 2 aromatic heterocycles. The van der Waals surface area contributed by atoms with Crippen molar-refractivity contribution in [2.75, 3.05) is 10.2 Å². The summed E-state index contributed by atoms with van der Waals surface area (Å²) in [5.74, 6) is 1.42. The molecule has 0 radical (unpaired) electrons. The van der Waals surface area contributed by atoms with Crippen molar-refractivity contribution in [3.8, 4) is 11.3 Å². The van der Waals surface area contributed by atoms with Crippen molar-refractivity contribution in [3.63, 3.8) is 0 Å². The second-order valence-corrected chi connectivity index (χ2v) is 9.65. The van der Waals surface area contributed by atoms with E-state index in [0.29, 0.717) is 5.11 Å². The van der Waals surface area contributed by atoms with Gasteiger partial charge in [-0.25, -0.2) is 0 Å². The van der Waals surface area contributed by atoms with Crippen molar-refractivity contribution in [3.05, 3.63) is 100 Å². The molecular formula is C27H23BrN4O2S. The molecule has 3 heterocycles. The van der Waals surface area contributed by atoms with Crippen LogP contribution in [0.4, 0.5) is 11.4 Å². The molecule has 8 heteroatoms. The number of pyridine rings is 1. The zero-order valence-electron chi connectivity index (χ0n) is 19.2. The first kappa shape index (κ1) is 23.3. The highest BCUT2D eigenvalue weighted by Gasteiger charge is 2.42. The van der Waals surface area contributed by atoms with Crippen LogP contribution in [0.3, 0.4) is 0 Å². The highest BCUT2D eigenvalue weighted by Crippen LogP contribution is 2.43. The third-order valence-corrected chi connectivity index (χ3v) is 6.84. The molecule has 6 nitrogen and oxygen atoms in total. The number of amides is 1. The standard InChI is InChI=1S/C27H23BrN4O2S/c1-16-6-11-20(21(28)15-16)23-12-13-24(34-23)26-25(22-5-3-4-14-29-22)31-27(35)32(26)19-9-7-18(8-10-19)30-17(2)33/h3-15,25-26H,1-2H3,(H,30,33)(H,31,35)/t25-,26+/m0/s1. The number of aryl methyl sites for hydroxylation is 1. The van der Waals surface area contributed by atoms with Crippen molar-refractivity contribution in [1.82, 2.24) is 10.3 Å². The molecule has 2 atom stereocenters. The molecule has 0 spiro atoms. The maximum absolute atomic E-state index is 11.4. The van der Waals surface area contributed by atoms with Gasteiger partial charge in [0, 0.05) is 34.5 Å². The zero-order chi connectivity index (χ0) is 24.5. The molecule has 0 saturated carbocycles. The van der Waals surface area contributed by atoms with Crippen LogP contribution in [0.15, 0.2) is 87.9 Å². The van der Waals surface area contributed by atoms with Gasteiger partial charge in [-0.1, -0.05) is 28.1 Å². The van der Waals surface area contributed by atoms with Gasteiger partial charge in [-0.2, -0.15) is 0 Å². The van der Waals surface area contributed by atoms with Crippen LogP contribution in [-0.2, 0) is 4.79 Å². The number of thiocarbonyl (C=S) groups is 1. The van der Waals surface area contributed by atoms with Gasteiger partial charge >= 0.3 is 0 Å². The summed E-state index contributed by atoms with van der Waals surface area (Å²) in [6.45, 7) is 3.54. The maximum Gasteiger partial charge on any atom is 0.221 e. The fraction of sp³-hybridized carbons (Fsp3) is 0.148. The van der Waals surface area contributed by atoms with Crippen LogP contribution >= 0.6 is 28.1 Å². The molecule has 1 saturated heterocycles. The Kier molecular flexibility index (Phi) is 6.40. The Hall–Kier alpha value is -3.49. The van der Waals surface area contributed by atoms with Crippen molar-refractivity contribution >= 4 is 50.5 Å². The largest absolute Gasteiger partial charge is 0.459 e. The summed E-state index contributed by atoms with van der Waals surface area (Å²) in [5.41, 5.74) is 4.63. The van der Waals surface area contributed by atoms with Gasteiger partial charge in [0.25, 0.3) is 0 Å². The average molecular weight is 547 g/mol. The van der Waals surface area contributed by atoms with E-state index in [2.05, 4.69) is 50.6 Å². The van der Waals surface area contributed by atoms with Crippen molar-refractivity contribution in [2.24, 2.45) is 0 Å². The summed E-state index contributed by atoms with van der Waals surface area (Å²) in [6, 6.07) is 23.1. The number of nitrogens with one attached hydrogen (secondary N) is 2. The van der Waals surface area contributed by atoms with Gasteiger partial charge in [-0.3, -0.25) is 9.78 Å². The quantitative estimate of drug-likeness (QED) is 0.276. The molecule has 1 aliphatic rings. The number of anilines is 2. The lowest BCUT2D eigenvalue weighted by Gasteiger charge is -2.26. The lowest BCUT2D eigenvalue weighted by molar-refractivity contribution is -0.114.